The van der Waals surface area contributed by atoms with Crippen LogP contribution < -0.4 is 10.0 Å². The Morgan fingerprint density at radius 2 is 1.67 bits per heavy atom. The lowest BCUT2D eigenvalue weighted by atomic mass is 10.1. The Morgan fingerprint density at radius 1 is 1.04 bits per heavy atom. The van der Waals surface area contributed by atoms with Gasteiger partial charge in [0.05, 0.1) is 16.6 Å². The lowest BCUT2D eigenvalue weighted by molar-refractivity contribution is -0.115. The van der Waals surface area contributed by atoms with Crippen LogP contribution in [0.3, 0.4) is 0 Å². The SMILES string of the molecule is CCc1ccccc1NC(=O)CNS(=O)(=O)c1c(Cl)cccc1Cl. The van der Waals surface area contributed by atoms with Crippen molar-refractivity contribution in [2.75, 3.05) is 11.9 Å². The molecule has 8 heteroatoms. The van der Waals surface area contributed by atoms with E-state index >= 15 is 0 Å². The molecule has 24 heavy (non-hydrogen) atoms. The predicted molar refractivity (Wildman–Crippen MR) is 96.1 cm³/mol. The molecule has 2 N–H and O–H groups in total. The van der Waals surface area contributed by atoms with Crippen molar-refractivity contribution in [1.82, 2.24) is 4.72 Å². The number of carbonyl (C=O) groups is 1. The maximum atomic E-state index is 12.3. The lowest BCUT2D eigenvalue weighted by Gasteiger charge is -2.12. The number of aryl methyl sites for hydroxylation is 1. The van der Waals surface area contributed by atoms with Crippen LogP contribution in [-0.4, -0.2) is 20.9 Å². The number of halogens is 2. The minimum Gasteiger partial charge on any atom is -0.325 e. The molecule has 0 bridgehead atoms. The van der Waals surface area contributed by atoms with Crippen molar-refractivity contribution in [2.45, 2.75) is 18.2 Å². The van der Waals surface area contributed by atoms with Gasteiger partial charge in [-0.05, 0) is 30.2 Å². The highest BCUT2D eigenvalue weighted by molar-refractivity contribution is 7.89. The standard InChI is InChI=1S/C16H16Cl2N2O3S/c1-2-11-6-3-4-9-14(11)20-15(21)10-19-24(22,23)16-12(17)7-5-8-13(16)18/h3-9,19H,2,10H2,1H3,(H,20,21). The van der Waals surface area contributed by atoms with Crippen LogP contribution in [0, 0.1) is 0 Å². The van der Waals surface area contributed by atoms with Crippen molar-refractivity contribution in [3.05, 3.63) is 58.1 Å². The summed E-state index contributed by atoms with van der Waals surface area (Å²) in [6.07, 6.45) is 0.747. The zero-order valence-electron chi connectivity index (χ0n) is 12.8. The number of amides is 1. The number of hydrogen-bond acceptors (Lipinski definition) is 3. The maximum Gasteiger partial charge on any atom is 0.244 e. The van der Waals surface area contributed by atoms with Gasteiger partial charge in [0.25, 0.3) is 0 Å². The molecule has 0 unspecified atom stereocenters. The van der Waals surface area contributed by atoms with Gasteiger partial charge in [0.2, 0.25) is 15.9 Å². The second-order valence-corrected chi connectivity index (χ2v) is 7.45. The highest BCUT2D eigenvalue weighted by atomic mass is 35.5. The first-order valence-electron chi connectivity index (χ1n) is 7.16. The number of sulfonamides is 1. The summed E-state index contributed by atoms with van der Waals surface area (Å²) in [4.78, 5) is 11.8. The first-order chi connectivity index (χ1) is 11.3. The maximum absolute atomic E-state index is 12.3. The molecule has 0 atom stereocenters. The smallest absolute Gasteiger partial charge is 0.244 e. The van der Waals surface area contributed by atoms with Gasteiger partial charge in [0.15, 0.2) is 0 Å². The summed E-state index contributed by atoms with van der Waals surface area (Å²) < 4.78 is 26.8. The third-order valence-electron chi connectivity index (χ3n) is 3.28. The van der Waals surface area contributed by atoms with E-state index in [1.165, 1.54) is 18.2 Å². The van der Waals surface area contributed by atoms with E-state index in [0.29, 0.717) is 5.69 Å². The van der Waals surface area contributed by atoms with Gasteiger partial charge >= 0.3 is 0 Å². The second-order valence-electron chi connectivity index (χ2n) is 4.93. The van der Waals surface area contributed by atoms with Crippen LogP contribution in [0.25, 0.3) is 0 Å². The van der Waals surface area contributed by atoms with E-state index < -0.39 is 22.5 Å². The molecule has 1 amide bonds. The van der Waals surface area contributed by atoms with Gasteiger partial charge in [-0.1, -0.05) is 54.4 Å². The number of nitrogens with one attached hydrogen (secondary N) is 2. The van der Waals surface area contributed by atoms with E-state index in [2.05, 4.69) is 10.0 Å². The molecule has 2 rings (SSSR count). The van der Waals surface area contributed by atoms with Crippen LogP contribution in [0.2, 0.25) is 10.0 Å². The number of rotatable bonds is 6. The average molecular weight is 387 g/mol. The molecule has 0 saturated carbocycles. The minimum atomic E-state index is -4.00. The minimum absolute atomic E-state index is 0.00765. The summed E-state index contributed by atoms with van der Waals surface area (Å²) in [6.45, 7) is 1.54. The molecule has 0 heterocycles. The van der Waals surface area contributed by atoms with Crippen molar-refractivity contribution in [3.8, 4) is 0 Å². The molecular formula is C16H16Cl2N2O3S. The summed E-state index contributed by atoms with van der Waals surface area (Å²) in [5.74, 6) is -0.484. The van der Waals surface area contributed by atoms with Crippen LogP contribution in [0.5, 0.6) is 0 Å². The zero-order chi connectivity index (χ0) is 17.7. The van der Waals surface area contributed by atoms with Gasteiger partial charge < -0.3 is 5.32 Å². The van der Waals surface area contributed by atoms with Crippen LogP contribution in [0.1, 0.15) is 12.5 Å². The van der Waals surface area contributed by atoms with Crippen molar-refractivity contribution in [1.29, 1.82) is 0 Å². The highest BCUT2D eigenvalue weighted by Crippen LogP contribution is 2.28. The number of hydrogen-bond donors (Lipinski definition) is 2. The summed E-state index contributed by atoms with van der Waals surface area (Å²) in [7, 11) is -4.00. The molecule has 0 aliphatic rings. The van der Waals surface area contributed by atoms with E-state index in [1.54, 1.807) is 12.1 Å². The van der Waals surface area contributed by atoms with Crippen molar-refractivity contribution < 1.29 is 13.2 Å². The Morgan fingerprint density at radius 3 is 2.29 bits per heavy atom. The summed E-state index contributed by atoms with van der Waals surface area (Å²) in [5, 5.41) is 2.67. The van der Waals surface area contributed by atoms with Gasteiger partial charge in [-0.25, -0.2) is 13.1 Å². The first kappa shape index (κ1) is 18.7. The molecule has 2 aromatic carbocycles. The third kappa shape index (κ3) is 4.48. The average Bonchev–Trinajstić information content (AvgIpc) is 2.53. The molecule has 0 aliphatic carbocycles. The topological polar surface area (TPSA) is 75.3 Å². The number of anilines is 1. The number of benzene rings is 2. The third-order valence-corrected chi connectivity index (χ3v) is 5.64. The second kappa shape index (κ2) is 7.98. The Kier molecular flexibility index (Phi) is 6.23. The van der Waals surface area contributed by atoms with Crippen molar-refractivity contribution in [2.24, 2.45) is 0 Å². The molecular weight excluding hydrogens is 371 g/mol. The van der Waals surface area contributed by atoms with Crippen LogP contribution in [0.15, 0.2) is 47.4 Å². The van der Waals surface area contributed by atoms with Crippen LogP contribution >= 0.6 is 23.2 Å². The molecule has 0 fully saturated rings. The van der Waals surface area contributed by atoms with E-state index in [9.17, 15) is 13.2 Å². The van der Waals surface area contributed by atoms with E-state index in [4.69, 9.17) is 23.2 Å². The summed E-state index contributed by atoms with van der Waals surface area (Å²) in [6, 6.07) is 11.7. The first-order valence-corrected chi connectivity index (χ1v) is 9.40. The van der Waals surface area contributed by atoms with Gasteiger partial charge in [-0.15, -0.1) is 0 Å². The Labute approximate surface area is 151 Å². The highest BCUT2D eigenvalue weighted by Gasteiger charge is 2.22. The van der Waals surface area contributed by atoms with Crippen LogP contribution in [0.4, 0.5) is 5.69 Å². The summed E-state index contributed by atoms with van der Waals surface area (Å²) in [5.41, 5.74) is 1.61. The number of para-hydroxylation sites is 1. The van der Waals surface area contributed by atoms with Gasteiger partial charge in [0.1, 0.15) is 4.90 Å². The Bertz CT molecular complexity index is 834. The molecule has 0 spiro atoms. The fraction of sp³-hybridized carbons (Fsp3) is 0.188. The van der Waals surface area contributed by atoms with Gasteiger partial charge in [-0.3, -0.25) is 4.79 Å². The van der Waals surface area contributed by atoms with Gasteiger partial charge in [0, 0.05) is 5.69 Å². The molecule has 5 nitrogen and oxygen atoms in total. The largest absolute Gasteiger partial charge is 0.325 e. The van der Waals surface area contributed by atoms with E-state index in [-0.39, 0.29) is 14.9 Å². The molecule has 0 saturated heterocycles. The lowest BCUT2D eigenvalue weighted by Crippen LogP contribution is -2.33. The number of carbonyl (C=O) groups excluding carboxylic acids is 1. The molecule has 2 aromatic rings. The fourth-order valence-electron chi connectivity index (χ4n) is 2.12. The van der Waals surface area contributed by atoms with Gasteiger partial charge in [-0.2, -0.15) is 0 Å². The molecule has 0 aromatic heterocycles. The van der Waals surface area contributed by atoms with Crippen molar-refractivity contribution >= 4 is 44.8 Å². The van der Waals surface area contributed by atoms with Crippen molar-refractivity contribution in [3.63, 3.8) is 0 Å². The normalized spacial score (nSPS) is 11.3. The Hall–Kier alpha value is -1.60. The molecule has 0 radical (unpaired) electrons. The monoisotopic (exact) mass is 386 g/mol. The zero-order valence-corrected chi connectivity index (χ0v) is 15.2. The quantitative estimate of drug-likeness (QED) is 0.797. The molecule has 128 valence electrons. The summed E-state index contributed by atoms with van der Waals surface area (Å²) >= 11 is 11.8. The molecule has 0 aliphatic heterocycles. The fourth-order valence-corrected chi connectivity index (χ4v) is 4.24. The van der Waals surface area contributed by atoms with E-state index in [0.717, 1.165) is 12.0 Å². The predicted octanol–water partition coefficient (Wildman–Crippen LogP) is 3.47. The van der Waals surface area contributed by atoms with E-state index in [1.807, 2.05) is 19.1 Å². The van der Waals surface area contributed by atoms with Crippen LogP contribution in [-0.2, 0) is 21.2 Å². The Balaban J connectivity index is 2.08.